The molecule has 3 aliphatic carbocycles. The van der Waals surface area contributed by atoms with Crippen molar-refractivity contribution >= 4 is 11.8 Å². The van der Waals surface area contributed by atoms with Crippen LogP contribution in [0, 0.1) is 23.2 Å². The fourth-order valence-electron chi connectivity index (χ4n) is 7.54. The van der Waals surface area contributed by atoms with Crippen LogP contribution in [-0.4, -0.2) is 54.6 Å². The smallest absolute Gasteiger partial charge is 0.331 e. The Morgan fingerprint density at radius 3 is 2.90 bits per heavy atom. The van der Waals surface area contributed by atoms with Crippen LogP contribution in [0.15, 0.2) is 23.8 Å². The van der Waals surface area contributed by atoms with Gasteiger partial charge in [0.25, 0.3) is 0 Å². The van der Waals surface area contributed by atoms with Gasteiger partial charge in [0.1, 0.15) is 12.2 Å². The maximum atomic E-state index is 12.9. The standard InChI is InChI=1S/C24H33NO4/c1-14(2)5-4-6-20(27)28-19-10-7-15-13-17-16-8-9-18(26)23-24(16,11-12-25(17)3)21(15)22(19)29-23/h4-6,15-17,19,21-23H,7-13H2,1-3H3/b6-4+/t15?,16-,17+,19?,21?,22?,23-,24-/m0/s1. The summed E-state index contributed by atoms with van der Waals surface area (Å²) < 4.78 is 12.4. The molecule has 5 aliphatic rings. The van der Waals surface area contributed by atoms with E-state index in [2.05, 4.69) is 11.9 Å². The van der Waals surface area contributed by atoms with E-state index in [9.17, 15) is 9.59 Å². The first-order valence-electron chi connectivity index (χ1n) is 11.3. The zero-order chi connectivity index (χ0) is 20.3. The molecule has 29 heavy (non-hydrogen) atoms. The molecule has 5 heteroatoms. The lowest BCUT2D eigenvalue weighted by molar-refractivity contribution is -0.165. The summed E-state index contributed by atoms with van der Waals surface area (Å²) in [5, 5.41) is 0. The summed E-state index contributed by atoms with van der Waals surface area (Å²) in [7, 11) is 2.25. The Bertz CT molecular complexity index is 769. The highest BCUT2D eigenvalue weighted by atomic mass is 16.6. The first-order valence-corrected chi connectivity index (χ1v) is 11.3. The molecule has 158 valence electrons. The number of ketones is 1. The lowest BCUT2D eigenvalue weighted by Gasteiger charge is -2.62. The van der Waals surface area contributed by atoms with E-state index in [-0.39, 0.29) is 35.5 Å². The fourth-order valence-corrected chi connectivity index (χ4v) is 7.54. The van der Waals surface area contributed by atoms with Crippen LogP contribution in [0.25, 0.3) is 0 Å². The van der Waals surface area contributed by atoms with Crippen molar-refractivity contribution in [3.8, 4) is 0 Å². The predicted molar refractivity (Wildman–Crippen MR) is 109 cm³/mol. The number of Topliss-reactive ketones (excluding diaryl/α,β-unsaturated/α-hetero) is 1. The molecule has 0 aromatic rings. The Hall–Kier alpha value is -1.46. The summed E-state index contributed by atoms with van der Waals surface area (Å²) in [4.78, 5) is 27.9. The van der Waals surface area contributed by atoms with Crippen LogP contribution in [0.4, 0.5) is 0 Å². The van der Waals surface area contributed by atoms with E-state index in [1.165, 1.54) is 12.5 Å². The van der Waals surface area contributed by atoms with Crippen molar-refractivity contribution in [2.75, 3.05) is 13.6 Å². The van der Waals surface area contributed by atoms with Gasteiger partial charge in [-0.25, -0.2) is 4.79 Å². The number of rotatable bonds is 3. The van der Waals surface area contributed by atoms with Crippen LogP contribution >= 0.6 is 0 Å². The van der Waals surface area contributed by atoms with Crippen molar-refractivity contribution in [2.45, 2.75) is 76.7 Å². The molecule has 5 nitrogen and oxygen atoms in total. The van der Waals surface area contributed by atoms with Gasteiger partial charge in [-0.3, -0.25) is 4.79 Å². The van der Waals surface area contributed by atoms with E-state index in [4.69, 9.17) is 9.47 Å². The molecule has 0 aromatic heterocycles. The number of hydrogen-bond acceptors (Lipinski definition) is 5. The molecule has 1 spiro atoms. The maximum absolute atomic E-state index is 12.9. The van der Waals surface area contributed by atoms with Crippen LogP contribution in [-0.2, 0) is 19.1 Å². The molecule has 2 heterocycles. The quantitative estimate of drug-likeness (QED) is 0.414. The van der Waals surface area contributed by atoms with Crippen LogP contribution in [0.1, 0.15) is 52.4 Å². The zero-order valence-corrected chi connectivity index (χ0v) is 17.8. The van der Waals surface area contributed by atoms with Crippen LogP contribution in [0.3, 0.4) is 0 Å². The molecular weight excluding hydrogens is 366 g/mol. The molecule has 0 amide bonds. The van der Waals surface area contributed by atoms with Crippen molar-refractivity contribution in [1.82, 2.24) is 4.90 Å². The van der Waals surface area contributed by atoms with E-state index < -0.39 is 0 Å². The van der Waals surface area contributed by atoms with Gasteiger partial charge in [0, 0.05) is 29.9 Å². The Morgan fingerprint density at radius 2 is 2.10 bits per heavy atom. The molecule has 2 saturated heterocycles. The van der Waals surface area contributed by atoms with Gasteiger partial charge in [-0.1, -0.05) is 17.7 Å². The lowest BCUT2D eigenvalue weighted by atomic mass is 9.45. The normalized spacial score (nSPS) is 45.8. The first-order chi connectivity index (χ1) is 13.9. The first kappa shape index (κ1) is 19.5. The molecule has 2 bridgehead atoms. The molecule has 2 aliphatic heterocycles. The number of allylic oxidation sites excluding steroid dienone is 3. The summed E-state index contributed by atoms with van der Waals surface area (Å²) in [6, 6.07) is 0.578. The van der Waals surface area contributed by atoms with E-state index in [1.807, 2.05) is 19.9 Å². The third kappa shape index (κ3) is 2.88. The van der Waals surface area contributed by atoms with Crippen LogP contribution < -0.4 is 0 Å². The average molecular weight is 400 g/mol. The third-order valence-electron chi connectivity index (χ3n) is 8.54. The van der Waals surface area contributed by atoms with Crippen molar-refractivity contribution < 1.29 is 19.1 Å². The predicted octanol–water partition coefficient (Wildman–Crippen LogP) is 3.29. The van der Waals surface area contributed by atoms with Gasteiger partial charge in [0.2, 0.25) is 0 Å². The topological polar surface area (TPSA) is 55.8 Å². The van der Waals surface area contributed by atoms with E-state index >= 15 is 0 Å². The Balaban J connectivity index is 1.43. The summed E-state index contributed by atoms with van der Waals surface area (Å²) in [6.07, 6.45) is 10.3. The van der Waals surface area contributed by atoms with Crippen molar-refractivity contribution in [1.29, 1.82) is 0 Å². The number of ether oxygens (including phenoxy) is 2. The van der Waals surface area contributed by atoms with Crippen molar-refractivity contribution in [3.63, 3.8) is 0 Å². The number of nitrogens with zero attached hydrogens (tertiary/aromatic N) is 1. The Morgan fingerprint density at radius 1 is 1.28 bits per heavy atom. The highest BCUT2D eigenvalue weighted by molar-refractivity contribution is 5.86. The summed E-state index contributed by atoms with van der Waals surface area (Å²) in [5.41, 5.74) is 1.11. The monoisotopic (exact) mass is 399 g/mol. The highest BCUT2D eigenvalue weighted by Gasteiger charge is 2.72. The SMILES string of the molecule is CC(C)=C/C=C/C(=O)OC1CCC2C[C@@H]3[C@@H]4CCC(=O)[C@@H]5OC1C2[C@@]54CCN3C. The van der Waals surface area contributed by atoms with E-state index in [0.717, 1.165) is 37.8 Å². The number of piperidine rings is 1. The maximum Gasteiger partial charge on any atom is 0.331 e. The average Bonchev–Trinajstić information content (AvgIpc) is 3.03. The summed E-state index contributed by atoms with van der Waals surface area (Å²) in [5.74, 6) is 1.47. The molecule has 5 rings (SSSR count). The van der Waals surface area contributed by atoms with Gasteiger partial charge in [-0.2, -0.15) is 0 Å². The Kier molecular flexibility index (Phi) is 4.74. The zero-order valence-electron chi connectivity index (χ0n) is 17.8. The molecule has 3 saturated carbocycles. The van der Waals surface area contributed by atoms with Crippen LogP contribution in [0.2, 0.25) is 0 Å². The molecule has 0 aromatic carbocycles. The number of esters is 1. The van der Waals surface area contributed by atoms with Crippen molar-refractivity contribution in [2.24, 2.45) is 23.2 Å². The minimum absolute atomic E-state index is 0.0247. The second-order valence-corrected chi connectivity index (χ2v) is 10.2. The molecule has 4 unspecified atom stereocenters. The van der Waals surface area contributed by atoms with Crippen molar-refractivity contribution in [3.05, 3.63) is 23.8 Å². The number of carbonyl (C=O) groups excluding carboxylic acids is 2. The number of likely N-dealkylation sites (tertiary alicyclic amines) is 1. The molecule has 5 fully saturated rings. The van der Waals surface area contributed by atoms with Gasteiger partial charge in [0.15, 0.2) is 5.78 Å². The second kappa shape index (κ2) is 7.05. The minimum Gasteiger partial charge on any atom is -0.456 e. The molecule has 8 atom stereocenters. The number of carbonyl (C=O) groups is 2. The van der Waals surface area contributed by atoms with Gasteiger partial charge < -0.3 is 14.4 Å². The largest absolute Gasteiger partial charge is 0.456 e. The van der Waals surface area contributed by atoms with Gasteiger partial charge in [0.05, 0.1) is 6.10 Å². The third-order valence-corrected chi connectivity index (χ3v) is 8.54. The molecular formula is C24H33NO4. The van der Waals surface area contributed by atoms with E-state index in [1.54, 1.807) is 6.08 Å². The van der Waals surface area contributed by atoms with Crippen LogP contribution in [0.5, 0.6) is 0 Å². The summed E-state index contributed by atoms with van der Waals surface area (Å²) in [6.45, 7) is 5.03. The fraction of sp³-hybridized carbons (Fsp3) is 0.750. The van der Waals surface area contributed by atoms with Gasteiger partial charge in [-0.15, -0.1) is 0 Å². The Labute approximate surface area is 173 Å². The summed E-state index contributed by atoms with van der Waals surface area (Å²) >= 11 is 0. The highest BCUT2D eigenvalue weighted by Crippen LogP contribution is 2.67. The second-order valence-electron chi connectivity index (χ2n) is 10.2. The lowest BCUT2D eigenvalue weighted by Crippen LogP contribution is -2.67. The van der Waals surface area contributed by atoms with Gasteiger partial charge >= 0.3 is 5.97 Å². The van der Waals surface area contributed by atoms with E-state index in [0.29, 0.717) is 30.2 Å². The molecule has 0 N–H and O–H groups in total. The molecule has 0 radical (unpaired) electrons. The number of hydrogen-bond donors (Lipinski definition) is 0. The minimum atomic E-state index is -0.304. The van der Waals surface area contributed by atoms with Gasteiger partial charge in [-0.05, 0) is 71.4 Å².